The van der Waals surface area contributed by atoms with Crippen molar-refractivity contribution in [3.8, 4) is 5.75 Å². The van der Waals surface area contributed by atoms with Crippen molar-refractivity contribution < 1.29 is 5.11 Å². The predicted molar refractivity (Wildman–Crippen MR) is 59.5 cm³/mol. The zero-order chi connectivity index (χ0) is 9.14. The summed E-state index contributed by atoms with van der Waals surface area (Å²) in [6.45, 7) is 4.32. The summed E-state index contributed by atoms with van der Waals surface area (Å²) in [5.74, 6) is 0.932. The molecule has 1 nitrogen and oxygen atoms in total. The average Bonchev–Trinajstić information content (AvgIpc) is 2.08. The van der Waals surface area contributed by atoms with Gasteiger partial charge in [0.05, 0.1) is 3.57 Å². The third kappa shape index (κ3) is 2.12. The molecule has 1 aromatic carbocycles. The summed E-state index contributed by atoms with van der Waals surface area (Å²) in [5, 5.41) is 9.44. The maximum absolute atomic E-state index is 9.44. The van der Waals surface area contributed by atoms with Gasteiger partial charge in [0.15, 0.2) is 0 Å². The van der Waals surface area contributed by atoms with Crippen LogP contribution in [0.3, 0.4) is 0 Å². The van der Waals surface area contributed by atoms with E-state index in [0.29, 0.717) is 11.7 Å². The van der Waals surface area contributed by atoms with Crippen LogP contribution in [0.15, 0.2) is 18.2 Å². The summed E-state index contributed by atoms with van der Waals surface area (Å²) in [7, 11) is 0. The third-order valence-electron chi connectivity index (χ3n) is 2.15. The second-order valence-corrected chi connectivity index (χ2v) is 4.18. The van der Waals surface area contributed by atoms with Crippen molar-refractivity contribution in [2.75, 3.05) is 0 Å². The largest absolute Gasteiger partial charge is 0.507 e. The Hall–Kier alpha value is -0.250. The molecule has 0 spiro atoms. The van der Waals surface area contributed by atoms with Crippen LogP contribution in [0.4, 0.5) is 0 Å². The summed E-state index contributed by atoms with van der Waals surface area (Å²) in [6.07, 6.45) is 1.11. The van der Waals surface area contributed by atoms with Gasteiger partial charge in [0.25, 0.3) is 0 Å². The van der Waals surface area contributed by atoms with Gasteiger partial charge in [0.1, 0.15) is 5.75 Å². The summed E-state index contributed by atoms with van der Waals surface area (Å²) >= 11 is 2.13. The molecule has 0 aromatic heterocycles. The van der Waals surface area contributed by atoms with Crippen LogP contribution in [0.2, 0.25) is 0 Å². The standard InChI is InChI=1S/C10H13IO/c1-3-7(2)8-4-5-9(11)10(12)6-8/h4-7,12H,3H2,1-2H3. The molecule has 0 heterocycles. The van der Waals surface area contributed by atoms with Gasteiger partial charge in [-0.3, -0.25) is 0 Å². The number of phenolic OH excluding ortho intramolecular Hbond substituents is 1. The molecule has 0 amide bonds. The number of benzene rings is 1. The van der Waals surface area contributed by atoms with Crippen LogP contribution in [0.25, 0.3) is 0 Å². The summed E-state index contributed by atoms with van der Waals surface area (Å²) in [5.41, 5.74) is 1.22. The maximum Gasteiger partial charge on any atom is 0.129 e. The van der Waals surface area contributed by atoms with E-state index in [1.165, 1.54) is 5.56 Å². The normalized spacial score (nSPS) is 12.9. The molecule has 1 rings (SSSR count). The minimum Gasteiger partial charge on any atom is -0.507 e. The summed E-state index contributed by atoms with van der Waals surface area (Å²) < 4.78 is 0.916. The molecule has 1 aromatic rings. The minimum atomic E-state index is 0.397. The van der Waals surface area contributed by atoms with Crippen molar-refractivity contribution in [1.82, 2.24) is 0 Å². The number of halogens is 1. The number of aromatic hydroxyl groups is 1. The molecule has 0 aliphatic rings. The van der Waals surface area contributed by atoms with Gasteiger partial charge < -0.3 is 5.11 Å². The Kier molecular flexibility index (Phi) is 3.38. The monoisotopic (exact) mass is 276 g/mol. The van der Waals surface area contributed by atoms with E-state index >= 15 is 0 Å². The molecule has 1 atom stereocenters. The second-order valence-electron chi connectivity index (χ2n) is 3.02. The van der Waals surface area contributed by atoms with Gasteiger partial charge in [-0.05, 0) is 52.6 Å². The SMILES string of the molecule is CCC(C)c1ccc(I)c(O)c1. The van der Waals surface area contributed by atoms with Crippen LogP contribution in [0.1, 0.15) is 31.7 Å². The van der Waals surface area contributed by atoms with Gasteiger partial charge in [-0.25, -0.2) is 0 Å². The first kappa shape index (κ1) is 9.84. The lowest BCUT2D eigenvalue weighted by Crippen LogP contribution is -1.90. The Balaban J connectivity index is 2.96. The third-order valence-corrected chi connectivity index (χ3v) is 3.06. The number of hydrogen-bond donors (Lipinski definition) is 1. The lowest BCUT2D eigenvalue weighted by molar-refractivity contribution is 0.470. The van der Waals surface area contributed by atoms with Crippen molar-refractivity contribution in [3.05, 3.63) is 27.3 Å². The molecule has 12 heavy (non-hydrogen) atoms. The van der Waals surface area contributed by atoms with E-state index in [9.17, 15) is 5.11 Å². The van der Waals surface area contributed by atoms with Crippen molar-refractivity contribution in [2.45, 2.75) is 26.2 Å². The molecular formula is C10H13IO. The Morgan fingerprint density at radius 3 is 2.67 bits per heavy atom. The van der Waals surface area contributed by atoms with E-state index in [1.807, 2.05) is 12.1 Å². The van der Waals surface area contributed by atoms with Gasteiger partial charge in [0.2, 0.25) is 0 Å². The first-order valence-electron chi connectivity index (χ1n) is 4.13. The molecule has 0 saturated carbocycles. The van der Waals surface area contributed by atoms with Gasteiger partial charge in [-0.15, -0.1) is 0 Å². The predicted octanol–water partition coefficient (Wildman–Crippen LogP) is 3.51. The highest BCUT2D eigenvalue weighted by Gasteiger charge is 2.04. The van der Waals surface area contributed by atoms with Crippen LogP contribution in [-0.4, -0.2) is 5.11 Å². The van der Waals surface area contributed by atoms with E-state index in [-0.39, 0.29) is 0 Å². The molecule has 0 aliphatic carbocycles. The molecule has 0 bridgehead atoms. The molecule has 1 N–H and O–H groups in total. The zero-order valence-corrected chi connectivity index (χ0v) is 9.50. The molecule has 0 fully saturated rings. The van der Waals surface area contributed by atoms with Gasteiger partial charge in [-0.1, -0.05) is 19.9 Å². The number of rotatable bonds is 2. The average molecular weight is 276 g/mol. The zero-order valence-electron chi connectivity index (χ0n) is 7.34. The molecular weight excluding hydrogens is 263 g/mol. The van der Waals surface area contributed by atoms with Crippen molar-refractivity contribution in [3.63, 3.8) is 0 Å². The fraction of sp³-hybridized carbons (Fsp3) is 0.400. The topological polar surface area (TPSA) is 20.2 Å². The molecule has 2 heteroatoms. The van der Waals surface area contributed by atoms with Crippen molar-refractivity contribution in [1.29, 1.82) is 0 Å². The fourth-order valence-corrected chi connectivity index (χ4v) is 1.41. The number of hydrogen-bond acceptors (Lipinski definition) is 1. The second kappa shape index (κ2) is 4.12. The van der Waals surface area contributed by atoms with E-state index in [0.717, 1.165) is 9.99 Å². The fourth-order valence-electron chi connectivity index (χ4n) is 1.07. The van der Waals surface area contributed by atoms with E-state index < -0.39 is 0 Å². The molecule has 0 saturated heterocycles. The molecule has 0 radical (unpaired) electrons. The highest BCUT2D eigenvalue weighted by molar-refractivity contribution is 14.1. The Morgan fingerprint density at radius 1 is 1.50 bits per heavy atom. The van der Waals surface area contributed by atoms with Crippen molar-refractivity contribution >= 4 is 22.6 Å². The quantitative estimate of drug-likeness (QED) is 0.819. The van der Waals surface area contributed by atoms with Gasteiger partial charge in [0, 0.05) is 0 Å². The van der Waals surface area contributed by atoms with E-state index in [1.54, 1.807) is 0 Å². The van der Waals surface area contributed by atoms with E-state index in [2.05, 4.69) is 42.5 Å². The smallest absolute Gasteiger partial charge is 0.129 e. The van der Waals surface area contributed by atoms with Gasteiger partial charge >= 0.3 is 0 Å². The Bertz CT molecular complexity index is 271. The van der Waals surface area contributed by atoms with Crippen molar-refractivity contribution in [2.24, 2.45) is 0 Å². The Labute approximate surface area is 86.9 Å². The summed E-state index contributed by atoms with van der Waals surface area (Å²) in [4.78, 5) is 0. The van der Waals surface area contributed by atoms with Crippen LogP contribution in [-0.2, 0) is 0 Å². The van der Waals surface area contributed by atoms with Gasteiger partial charge in [-0.2, -0.15) is 0 Å². The minimum absolute atomic E-state index is 0.397. The Morgan fingerprint density at radius 2 is 2.17 bits per heavy atom. The van der Waals surface area contributed by atoms with Crippen LogP contribution in [0.5, 0.6) is 5.75 Å². The van der Waals surface area contributed by atoms with Crippen LogP contribution in [0, 0.1) is 3.57 Å². The molecule has 1 unspecified atom stereocenters. The lowest BCUT2D eigenvalue weighted by Gasteiger charge is -2.09. The molecule has 0 aliphatic heterocycles. The highest BCUT2D eigenvalue weighted by atomic mass is 127. The summed E-state index contributed by atoms with van der Waals surface area (Å²) in [6, 6.07) is 5.89. The molecule has 66 valence electrons. The van der Waals surface area contributed by atoms with Crippen LogP contribution < -0.4 is 0 Å². The maximum atomic E-state index is 9.44. The van der Waals surface area contributed by atoms with E-state index in [4.69, 9.17) is 0 Å². The van der Waals surface area contributed by atoms with Crippen LogP contribution >= 0.6 is 22.6 Å². The lowest BCUT2D eigenvalue weighted by atomic mass is 9.99. The number of phenols is 1. The highest BCUT2D eigenvalue weighted by Crippen LogP contribution is 2.26. The first-order valence-corrected chi connectivity index (χ1v) is 5.21. The first-order chi connectivity index (χ1) is 5.65.